The maximum absolute atomic E-state index is 13.1. The van der Waals surface area contributed by atoms with E-state index >= 15 is 0 Å². The molecule has 0 aliphatic carbocycles. The van der Waals surface area contributed by atoms with Gasteiger partial charge in [0.25, 0.3) is 5.91 Å². The van der Waals surface area contributed by atoms with E-state index in [9.17, 15) is 4.79 Å². The van der Waals surface area contributed by atoms with E-state index in [1.54, 1.807) is 0 Å². The molecule has 28 heavy (non-hydrogen) atoms. The second kappa shape index (κ2) is 7.51. The van der Waals surface area contributed by atoms with Crippen molar-refractivity contribution in [1.82, 2.24) is 0 Å². The minimum Gasteiger partial charge on any atom is -0.478 e. The molecule has 0 spiro atoms. The molecule has 0 unspecified atom stereocenters. The summed E-state index contributed by atoms with van der Waals surface area (Å²) in [5.41, 5.74) is 4.23. The molecular weight excluding hydrogens is 346 g/mol. The second-order valence-electron chi connectivity index (χ2n) is 7.63. The molecule has 1 aliphatic heterocycles. The maximum Gasteiger partial charge on any atom is 0.271 e. The summed E-state index contributed by atoms with van der Waals surface area (Å²) in [5, 5.41) is 0. The van der Waals surface area contributed by atoms with Gasteiger partial charge < -0.3 is 4.74 Å². The molecule has 1 saturated heterocycles. The van der Waals surface area contributed by atoms with Crippen LogP contribution in [-0.4, -0.2) is 12.0 Å². The van der Waals surface area contributed by atoms with Crippen LogP contribution in [0, 0.1) is 6.92 Å². The van der Waals surface area contributed by atoms with Gasteiger partial charge in [0, 0.05) is 5.69 Å². The van der Waals surface area contributed by atoms with Crippen LogP contribution in [0.15, 0.2) is 78.9 Å². The van der Waals surface area contributed by atoms with E-state index in [0.717, 1.165) is 28.1 Å². The van der Waals surface area contributed by atoms with Crippen molar-refractivity contribution in [2.45, 2.75) is 38.8 Å². The van der Waals surface area contributed by atoms with Gasteiger partial charge in [0.2, 0.25) is 6.10 Å². The molecule has 3 aromatic rings. The van der Waals surface area contributed by atoms with Crippen LogP contribution < -0.4 is 9.64 Å². The highest BCUT2D eigenvalue weighted by Gasteiger charge is 2.51. The average molecular weight is 371 g/mol. The summed E-state index contributed by atoms with van der Waals surface area (Å²) in [5.74, 6) is 1.13. The maximum atomic E-state index is 13.1. The lowest BCUT2D eigenvalue weighted by molar-refractivity contribution is -0.135. The zero-order valence-corrected chi connectivity index (χ0v) is 16.5. The molecule has 3 heteroatoms. The van der Waals surface area contributed by atoms with Gasteiger partial charge in [0.1, 0.15) is 11.8 Å². The average Bonchev–Trinajstić information content (AvgIpc) is 2.71. The van der Waals surface area contributed by atoms with Gasteiger partial charge in [-0.2, -0.15) is 0 Å². The smallest absolute Gasteiger partial charge is 0.271 e. The lowest BCUT2D eigenvalue weighted by Gasteiger charge is -2.47. The predicted octanol–water partition coefficient (Wildman–Crippen LogP) is 5.65. The van der Waals surface area contributed by atoms with Gasteiger partial charge >= 0.3 is 0 Å². The minimum atomic E-state index is -0.526. The highest BCUT2D eigenvalue weighted by Crippen LogP contribution is 2.42. The van der Waals surface area contributed by atoms with Gasteiger partial charge in [0.15, 0.2) is 0 Å². The quantitative estimate of drug-likeness (QED) is 0.542. The Labute approximate surface area is 166 Å². The Bertz CT molecular complexity index is 966. The van der Waals surface area contributed by atoms with Crippen LogP contribution in [0.5, 0.6) is 5.75 Å². The number of benzene rings is 3. The van der Waals surface area contributed by atoms with Crippen molar-refractivity contribution < 1.29 is 9.53 Å². The molecule has 0 radical (unpaired) electrons. The highest BCUT2D eigenvalue weighted by molar-refractivity contribution is 6.05. The van der Waals surface area contributed by atoms with Crippen molar-refractivity contribution in [3.63, 3.8) is 0 Å². The first kappa shape index (κ1) is 18.3. The van der Waals surface area contributed by atoms with Crippen LogP contribution in [0.1, 0.15) is 42.5 Å². The predicted molar refractivity (Wildman–Crippen MR) is 113 cm³/mol. The zero-order valence-electron chi connectivity index (χ0n) is 16.5. The number of hydrogen-bond acceptors (Lipinski definition) is 2. The number of para-hydroxylation sites is 1. The number of carbonyl (C=O) groups is 1. The largest absolute Gasteiger partial charge is 0.478 e. The van der Waals surface area contributed by atoms with E-state index in [1.807, 2.05) is 66.4 Å². The van der Waals surface area contributed by atoms with Crippen LogP contribution >= 0.6 is 0 Å². The topological polar surface area (TPSA) is 29.5 Å². The minimum absolute atomic E-state index is 0.00346. The van der Waals surface area contributed by atoms with Crippen LogP contribution in [0.3, 0.4) is 0 Å². The Hall–Kier alpha value is -3.07. The summed E-state index contributed by atoms with van der Waals surface area (Å²) in [6, 6.07) is 26.0. The Balaban J connectivity index is 1.71. The summed E-state index contributed by atoms with van der Waals surface area (Å²) >= 11 is 0. The Morgan fingerprint density at radius 2 is 1.54 bits per heavy atom. The lowest BCUT2D eigenvalue weighted by atomic mass is 9.89. The number of hydrogen-bond donors (Lipinski definition) is 0. The Kier molecular flexibility index (Phi) is 4.91. The number of anilines is 1. The van der Waals surface area contributed by atoms with Crippen molar-refractivity contribution in [2.75, 3.05) is 4.90 Å². The molecule has 1 fully saturated rings. The fourth-order valence-corrected chi connectivity index (χ4v) is 3.79. The third-order valence-corrected chi connectivity index (χ3v) is 5.27. The van der Waals surface area contributed by atoms with Gasteiger partial charge in [-0.3, -0.25) is 9.69 Å². The van der Waals surface area contributed by atoms with Crippen LogP contribution in [0.25, 0.3) is 0 Å². The lowest BCUT2D eigenvalue weighted by Crippen LogP contribution is -2.61. The van der Waals surface area contributed by atoms with Crippen molar-refractivity contribution in [3.05, 3.63) is 95.6 Å². The Morgan fingerprint density at radius 3 is 2.18 bits per heavy atom. The molecule has 1 amide bonds. The molecule has 142 valence electrons. The highest BCUT2D eigenvalue weighted by atomic mass is 16.5. The molecule has 0 bridgehead atoms. The molecule has 0 saturated carbocycles. The number of ether oxygens (including phenoxy) is 1. The SMILES string of the molecule is Cc1ccc(C(C)C)c(O[C@@H]2C(=O)N(c3ccccc3)[C@@H]2c2ccccc2)c1. The molecule has 1 heterocycles. The molecule has 3 nitrogen and oxygen atoms in total. The monoisotopic (exact) mass is 371 g/mol. The summed E-state index contributed by atoms with van der Waals surface area (Å²) in [4.78, 5) is 15.0. The molecule has 2 atom stereocenters. The van der Waals surface area contributed by atoms with E-state index in [-0.39, 0.29) is 11.9 Å². The molecule has 1 aliphatic rings. The Morgan fingerprint density at radius 1 is 0.893 bits per heavy atom. The third-order valence-electron chi connectivity index (χ3n) is 5.27. The summed E-state index contributed by atoms with van der Waals surface area (Å²) in [7, 11) is 0. The van der Waals surface area contributed by atoms with E-state index in [0.29, 0.717) is 5.92 Å². The van der Waals surface area contributed by atoms with Gasteiger partial charge in [-0.05, 0) is 47.7 Å². The van der Waals surface area contributed by atoms with Crippen molar-refractivity contribution in [1.29, 1.82) is 0 Å². The van der Waals surface area contributed by atoms with Gasteiger partial charge in [-0.15, -0.1) is 0 Å². The number of nitrogens with zero attached hydrogens (tertiary/aromatic N) is 1. The summed E-state index contributed by atoms with van der Waals surface area (Å²) < 4.78 is 6.36. The number of rotatable bonds is 5. The third kappa shape index (κ3) is 3.29. The van der Waals surface area contributed by atoms with Gasteiger partial charge in [-0.1, -0.05) is 74.5 Å². The number of β-lactam (4-membered cyclic amide) rings is 1. The van der Waals surface area contributed by atoms with Gasteiger partial charge in [-0.25, -0.2) is 0 Å². The fourth-order valence-electron chi connectivity index (χ4n) is 3.79. The number of carbonyl (C=O) groups excluding carboxylic acids is 1. The number of aryl methyl sites for hydroxylation is 1. The number of amides is 1. The molecule has 3 aromatic carbocycles. The molecule has 0 aromatic heterocycles. The van der Waals surface area contributed by atoms with E-state index in [4.69, 9.17) is 4.74 Å². The summed E-state index contributed by atoms with van der Waals surface area (Å²) in [6.45, 7) is 6.33. The fraction of sp³-hybridized carbons (Fsp3) is 0.240. The van der Waals surface area contributed by atoms with Crippen molar-refractivity contribution >= 4 is 11.6 Å². The zero-order chi connectivity index (χ0) is 19.7. The normalized spacial score (nSPS) is 18.9. The second-order valence-corrected chi connectivity index (χ2v) is 7.63. The van der Waals surface area contributed by atoms with E-state index < -0.39 is 6.10 Å². The van der Waals surface area contributed by atoms with Gasteiger partial charge in [0.05, 0.1) is 0 Å². The van der Waals surface area contributed by atoms with E-state index in [1.165, 1.54) is 0 Å². The first-order valence-corrected chi connectivity index (χ1v) is 9.76. The summed E-state index contributed by atoms with van der Waals surface area (Å²) in [6.07, 6.45) is -0.526. The first-order valence-electron chi connectivity index (χ1n) is 9.76. The standard InChI is InChI=1S/C25H25NO2/c1-17(2)21-15-14-18(3)16-22(21)28-24-23(19-10-6-4-7-11-19)26(25(24)27)20-12-8-5-9-13-20/h4-17,23-24H,1-3H3/t23-,24+/m1/s1. The molecular formula is C25H25NO2. The first-order chi connectivity index (χ1) is 13.6. The molecule has 0 N–H and O–H groups in total. The van der Waals surface area contributed by atoms with E-state index in [2.05, 4.69) is 38.1 Å². The molecule has 4 rings (SSSR count). The van der Waals surface area contributed by atoms with Crippen molar-refractivity contribution in [3.8, 4) is 5.75 Å². The van der Waals surface area contributed by atoms with Crippen LogP contribution in [0.4, 0.5) is 5.69 Å². The van der Waals surface area contributed by atoms with Crippen molar-refractivity contribution in [2.24, 2.45) is 0 Å². The van der Waals surface area contributed by atoms with Crippen LogP contribution in [0.2, 0.25) is 0 Å². The van der Waals surface area contributed by atoms with Crippen LogP contribution in [-0.2, 0) is 4.79 Å².